The van der Waals surface area contributed by atoms with Crippen molar-refractivity contribution < 1.29 is 8.78 Å². The van der Waals surface area contributed by atoms with Gasteiger partial charge in [0.1, 0.15) is 11.5 Å². The molecule has 0 unspecified atom stereocenters. The number of nitrogens with zero attached hydrogens (tertiary/aromatic N) is 2. The van der Waals surface area contributed by atoms with Crippen LogP contribution in [0.15, 0.2) is 49.0 Å². The molecule has 2 fully saturated rings. The standard InChI is InChI=1S/C29H38F2N2/c1-22(33-16-4-5-17-33)25-9-11-26(12-10-25)27-13-8-24(20-28(27)30)7-6-23-14-18-32(19-15-23)21-29(2,3)31/h8-13,20,23H,1,4-7,14-19,21H2,2-3H3. The molecule has 0 aliphatic carbocycles. The zero-order chi connectivity index (χ0) is 23.4. The second-order valence-corrected chi connectivity index (χ2v) is 10.5. The first-order valence-electron chi connectivity index (χ1n) is 12.5. The van der Waals surface area contributed by atoms with E-state index in [9.17, 15) is 8.78 Å². The lowest BCUT2D eigenvalue weighted by Gasteiger charge is -2.34. The van der Waals surface area contributed by atoms with E-state index in [-0.39, 0.29) is 5.82 Å². The van der Waals surface area contributed by atoms with Crippen molar-refractivity contribution in [2.45, 2.75) is 58.0 Å². The van der Waals surface area contributed by atoms with E-state index >= 15 is 0 Å². The van der Waals surface area contributed by atoms with Gasteiger partial charge in [0.25, 0.3) is 0 Å². The second kappa shape index (κ2) is 10.4. The largest absolute Gasteiger partial charge is 0.372 e. The number of halogens is 2. The number of benzene rings is 2. The monoisotopic (exact) mass is 452 g/mol. The van der Waals surface area contributed by atoms with E-state index in [1.54, 1.807) is 19.9 Å². The van der Waals surface area contributed by atoms with Gasteiger partial charge in [-0.2, -0.15) is 0 Å². The highest BCUT2D eigenvalue weighted by Gasteiger charge is 2.25. The molecule has 2 saturated heterocycles. The molecule has 2 aliphatic heterocycles. The maximum Gasteiger partial charge on any atom is 0.131 e. The predicted octanol–water partition coefficient (Wildman–Crippen LogP) is 6.95. The molecule has 2 heterocycles. The Morgan fingerprint density at radius 1 is 1.00 bits per heavy atom. The third-order valence-electron chi connectivity index (χ3n) is 7.20. The highest BCUT2D eigenvalue weighted by molar-refractivity contribution is 5.69. The fraction of sp³-hybridized carbons (Fsp3) is 0.517. The summed E-state index contributed by atoms with van der Waals surface area (Å²) in [5.74, 6) is 0.488. The van der Waals surface area contributed by atoms with Gasteiger partial charge in [0.15, 0.2) is 0 Å². The first-order valence-corrected chi connectivity index (χ1v) is 12.5. The molecule has 0 N–H and O–H groups in total. The average Bonchev–Trinajstić information content (AvgIpc) is 3.32. The molecule has 0 radical (unpaired) electrons. The molecule has 0 atom stereocenters. The van der Waals surface area contributed by atoms with Gasteiger partial charge in [0, 0.05) is 30.9 Å². The Morgan fingerprint density at radius 2 is 1.67 bits per heavy atom. The molecule has 0 bridgehead atoms. The van der Waals surface area contributed by atoms with Gasteiger partial charge in [-0.1, -0.05) is 43.0 Å². The minimum Gasteiger partial charge on any atom is -0.372 e. The van der Waals surface area contributed by atoms with Crippen molar-refractivity contribution >= 4 is 5.70 Å². The van der Waals surface area contributed by atoms with Crippen LogP contribution in [0.4, 0.5) is 8.78 Å². The molecule has 33 heavy (non-hydrogen) atoms. The third-order valence-corrected chi connectivity index (χ3v) is 7.20. The molecule has 0 spiro atoms. The predicted molar refractivity (Wildman–Crippen MR) is 134 cm³/mol. The molecule has 0 saturated carbocycles. The van der Waals surface area contributed by atoms with Crippen LogP contribution < -0.4 is 0 Å². The molecule has 0 aromatic heterocycles. The summed E-state index contributed by atoms with van der Waals surface area (Å²) in [5, 5.41) is 0. The minimum atomic E-state index is -1.13. The number of hydrogen-bond acceptors (Lipinski definition) is 2. The number of piperidine rings is 1. The fourth-order valence-corrected chi connectivity index (χ4v) is 5.30. The summed E-state index contributed by atoms with van der Waals surface area (Å²) in [6.45, 7) is 12.1. The van der Waals surface area contributed by atoms with Crippen LogP contribution in [0.3, 0.4) is 0 Å². The minimum absolute atomic E-state index is 0.154. The summed E-state index contributed by atoms with van der Waals surface area (Å²) in [5.41, 5.74) is 3.66. The smallest absolute Gasteiger partial charge is 0.131 e. The third kappa shape index (κ3) is 6.44. The summed E-state index contributed by atoms with van der Waals surface area (Å²) in [7, 11) is 0. The Hall–Kier alpha value is -2.20. The van der Waals surface area contributed by atoms with Crippen LogP contribution in [0.5, 0.6) is 0 Å². The van der Waals surface area contributed by atoms with Crippen LogP contribution in [-0.4, -0.2) is 48.2 Å². The van der Waals surface area contributed by atoms with Crippen LogP contribution in [0.25, 0.3) is 16.8 Å². The molecule has 4 rings (SSSR count). The van der Waals surface area contributed by atoms with Crippen molar-refractivity contribution in [3.63, 3.8) is 0 Å². The summed E-state index contributed by atoms with van der Waals surface area (Å²) in [6, 6.07) is 13.8. The number of aryl methyl sites for hydroxylation is 1. The molecular formula is C29H38F2N2. The van der Waals surface area contributed by atoms with E-state index in [0.29, 0.717) is 18.0 Å². The zero-order valence-corrected chi connectivity index (χ0v) is 20.3. The summed E-state index contributed by atoms with van der Waals surface area (Å²) in [4.78, 5) is 4.56. The van der Waals surface area contributed by atoms with Gasteiger partial charge < -0.3 is 9.80 Å². The molecule has 4 heteroatoms. The quantitative estimate of drug-likeness (QED) is 0.427. The molecule has 0 amide bonds. The summed E-state index contributed by atoms with van der Waals surface area (Å²) in [6.07, 6.45) is 6.62. The van der Waals surface area contributed by atoms with Crippen molar-refractivity contribution in [1.82, 2.24) is 9.80 Å². The summed E-state index contributed by atoms with van der Waals surface area (Å²) >= 11 is 0. The van der Waals surface area contributed by atoms with Gasteiger partial charge in [-0.05, 0) is 94.1 Å². The maximum atomic E-state index is 14.9. The van der Waals surface area contributed by atoms with Crippen LogP contribution in [0.1, 0.15) is 57.1 Å². The lowest BCUT2D eigenvalue weighted by atomic mass is 9.89. The average molecular weight is 453 g/mol. The van der Waals surface area contributed by atoms with Crippen molar-refractivity contribution in [3.05, 3.63) is 66.0 Å². The van der Waals surface area contributed by atoms with Gasteiger partial charge in [0.05, 0.1) is 0 Å². The van der Waals surface area contributed by atoms with E-state index in [0.717, 1.165) is 74.2 Å². The maximum absolute atomic E-state index is 14.9. The highest BCUT2D eigenvalue weighted by Crippen LogP contribution is 2.29. The van der Waals surface area contributed by atoms with E-state index in [1.165, 1.54) is 12.8 Å². The van der Waals surface area contributed by atoms with E-state index in [4.69, 9.17) is 0 Å². The van der Waals surface area contributed by atoms with Crippen molar-refractivity contribution in [1.29, 1.82) is 0 Å². The van der Waals surface area contributed by atoms with Gasteiger partial charge in [-0.3, -0.25) is 0 Å². The van der Waals surface area contributed by atoms with Crippen LogP contribution in [-0.2, 0) is 6.42 Å². The SMILES string of the molecule is C=C(c1ccc(-c2ccc(CCC3CCN(CC(C)(C)F)CC3)cc2F)cc1)N1CCCC1. The Bertz CT molecular complexity index is 931. The van der Waals surface area contributed by atoms with Gasteiger partial charge >= 0.3 is 0 Å². The molecule has 2 aliphatic rings. The fourth-order valence-electron chi connectivity index (χ4n) is 5.30. The topological polar surface area (TPSA) is 6.48 Å². The Morgan fingerprint density at radius 3 is 2.27 bits per heavy atom. The molecular weight excluding hydrogens is 414 g/mol. The number of likely N-dealkylation sites (tertiary alicyclic amines) is 2. The van der Waals surface area contributed by atoms with Crippen molar-refractivity contribution in [2.75, 3.05) is 32.7 Å². The van der Waals surface area contributed by atoms with Crippen molar-refractivity contribution in [3.8, 4) is 11.1 Å². The normalized spacial score (nSPS) is 18.1. The lowest BCUT2D eigenvalue weighted by molar-refractivity contribution is 0.0943. The highest BCUT2D eigenvalue weighted by atomic mass is 19.1. The van der Waals surface area contributed by atoms with Gasteiger partial charge in [0.2, 0.25) is 0 Å². The number of alkyl halides is 1. The van der Waals surface area contributed by atoms with E-state index in [2.05, 4.69) is 34.6 Å². The van der Waals surface area contributed by atoms with Gasteiger partial charge in [-0.15, -0.1) is 0 Å². The number of rotatable bonds is 8. The molecule has 178 valence electrons. The Labute approximate surface area is 198 Å². The van der Waals surface area contributed by atoms with Crippen molar-refractivity contribution in [2.24, 2.45) is 5.92 Å². The lowest BCUT2D eigenvalue weighted by Crippen LogP contribution is -2.41. The van der Waals surface area contributed by atoms with Crippen LogP contribution in [0.2, 0.25) is 0 Å². The number of hydrogen-bond donors (Lipinski definition) is 0. The molecule has 2 aromatic rings. The Balaban J connectivity index is 1.31. The van der Waals surface area contributed by atoms with Crippen LogP contribution in [0, 0.1) is 11.7 Å². The zero-order valence-electron chi connectivity index (χ0n) is 20.3. The summed E-state index contributed by atoms with van der Waals surface area (Å²) < 4.78 is 28.8. The molecule has 2 nitrogen and oxygen atoms in total. The van der Waals surface area contributed by atoms with Gasteiger partial charge in [-0.25, -0.2) is 8.78 Å². The van der Waals surface area contributed by atoms with E-state index < -0.39 is 5.67 Å². The van der Waals surface area contributed by atoms with Crippen LogP contribution >= 0.6 is 0 Å². The van der Waals surface area contributed by atoms with E-state index in [1.807, 2.05) is 18.2 Å². The Kier molecular flexibility index (Phi) is 7.53. The first kappa shape index (κ1) is 23.9. The first-order chi connectivity index (χ1) is 15.8. The molecule has 2 aromatic carbocycles. The second-order valence-electron chi connectivity index (χ2n) is 10.5.